The van der Waals surface area contributed by atoms with Crippen LogP contribution in [0.3, 0.4) is 0 Å². The molecule has 0 N–H and O–H groups in total. The molecule has 1 aliphatic heterocycles. The third-order valence-electron chi connectivity index (χ3n) is 2.80. The maximum absolute atomic E-state index is 5.65. The zero-order valence-electron chi connectivity index (χ0n) is 9.45. The average molecular weight is 204 g/mol. The lowest BCUT2D eigenvalue weighted by Gasteiger charge is -2.10. The summed E-state index contributed by atoms with van der Waals surface area (Å²) in [6.45, 7) is 6.02. The van der Waals surface area contributed by atoms with Gasteiger partial charge in [0.05, 0.1) is 6.61 Å². The highest BCUT2D eigenvalue weighted by Crippen LogP contribution is 2.17. The smallest absolute Gasteiger partial charge is 0.326 e. The second-order valence-electron chi connectivity index (χ2n) is 3.96. The number of ether oxygens (including phenoxy) is 1. The minimum Gasteiger partial charge on any atom is -0.494 e. The minimum atomic E-state index is 0.305. The normalized spacial score (nSPS) is 15.7. The van der Waals surface area contributed by atoms with Gasteiger partial charge in [-0.25, -0.2) is 0 Å². The molecule has 1 saturated heterocycles. The van der Waals surface area contributed by atoms with Crippen LogP contribution in [0, 0.1) is 6.92 Å². The van der Waals surface area contributed by atoms with E-state index in [-0.39, 0.29) is 0 Å². The first-order valence-corrected chi connectivity index (χ1v) is 5.66. The molecule has 0 radical (unpaired) electrons. The molecule has 2 rings (SSSR count). The molecule has 0 aliphatic carbocycles. The van der Waals surface area contributed by atoms with Crippen LogP contribution in [0.2, 0.25) is 6.32 Å². The van der Waals surface area contributed by atoms with Gasteiger partial charge in [-0.05, 0) is 43.7 Å². The lowest BCUT2D eigenvalue weighted by Crippen LogP contribution is -2.29. The van der Waals surface area contributed by atoms with Crippen LogP contribution in [0.4, 0.5) is 0 Å². The summed E-state index contributed by atoms with van der Waals surface area (Å²) in [5, 5.41) is 0. The van der Waals surface area contributed by atoms with Gasteiger partial charge in [-0.3, -0.25) is 0 Å². The van der Waals surface area contributed by atoms with E-state index in [1.54, 1.807) is 0 Å². The van der Waals surface area contributed by atoms with Crippen LogP contribution in [-0.4, -0.2) is 20.1 Å². The molecule has 1 aliphatic rings. The third kappa shape index (κ3) is 2.35. The Morgan fingerprint density at radius 3 is 2.93 bits per heavy atom. The Kier molecular flexibility index (Phi) is 3.32. The Bertz CT molecular complexity index is 332. The van der Waals surface area contributed by atoms with Gasteiger partial charge in [-0.1, -0.05) is 12.1 Å². The van der Waals surface area contributed by atoms with Crippen molar-refractivity contribution in [3.63, 3.8) is 0 Å². The third-order valence-corrected chi connectivity index (χ3v) is 2.80. The fourth-order valence-electron chi connectivity index (χ4n) is 2.03. The molecule has 1 fully saturated rings. The molecule has 1 aromatic rings. The largest absolute Gasteiger partial charge is 0.494 e. The Hall–Kier alpha value is -0.955. The number of aryl methyl sites for hydroxylation is 1. The van der Waals surface area contributed by atoms with E-state index < -0.39 is 0 Å². The molecule has 3 heteroatoms. The summed E-state index contributed by atoms with van der Waals surface area (Å²) in [6, 6.07) is 6.35. The van der Waals surface area contributed by atoms with Gasteiger partial charge in [-0.15, -0.1) is 0 Å². The van der Waals surface area contributed by atoms with Gasteiger partial charge in [0.2, 0.25) is 0 Å². The fourth-order valence-corrected chi connectivity index (χ4v) is 2.03. The van der Waals surface area contributed by atoms with Crippen molar-refractivity contribution in [1.29, 1.82) is 0 Å². The SMILES string of the molecule is CCOc1ccc(B2CCCO2)cc1C. The predicted octanol–water partition coefficient (Wildman–Crippen LogP) is 2.01. The first-order chi connectivity index (χ1) is 7.31. The maximum Gasteiger partial charge on any atom is 0.326 e. The zero-order valence-corrected chi connectivity index (χ0v) is 9.45. The van der Waals surface area contributed by atoms with Crippen LogP contribution in [0.25, 0.3) is 0 Å². The van der Waals surface area contributed by atoms with E-state index in [1.165, 1.54) is 17.4 Å². The van der Waals surface area contributed by atoms with Crippen molar-refractivity contribution in [3.8, 4) is 5.75 Å². The molecule has 0 amide bonds. The topological polar surface area (TPSA) is 18.5 Å². The molecule has 0 spiro atoms. The fraction of sp³-hybridized carbons (Fsp3) is 0.500. The van der Waals surface area contributed by atoms with Crippen molar-refractivity contribution in [3.05, 3.63) is 23.8 Å². The molecule has 0 aromatic heterocycles. The standard InChI is InChI=1S/C12H17BO2/c1-3-14-12-6-5-11(9-10(12)2)13-7-4-8-15-13/h5-6,9H,3-4,7-8H2,1-2H3. The summed E-state index contributed by atoms with van der Waals surface area (Å²) in [7, 11) is 0. The summed E-state index contributed by atoms with van der Waals surface area (Å²) in [5.74, 6) is 0.985. The monoisotopic (exact) mass is 204 g/mol. The van der Waals surface area contributed by atoms with Gasteiger partial charge < -0.3 is 9.39 Å². The molecule has 80 valence electrons. The Morgan fingerprint density at radius 2 is 2.33 bits per heavy atom. The Balaban J connectivity index is 2.16. The molecule has 0 unspecified atom stereocenters. The van der Waals surface area contributed by atoms with Crippen LogP contribution in [0.15, 0.2) is 18.2 Å². The highest BCUT2D eigenvalue weighted by Gasteiger charge is 2.23. The Morgan fingerprint density at radius 1 is 1.47 bits per heavy atom. The number of hydrogen-bond donors (Lipinski definition) is 0. The van der Waals surface area contributed by atoms with Crippen LogP contribution >= 0.6 is 0 Å². The molecule has 0 atom stereocenters. The van der Waals surface area contributed by atoms with Gasteiger partial charge in [0, 0.05) is 6.61 Å². The average Bonchev–Trinajstić information content (AvgIpc) is 2.74. The second-order valence-corrected chi connectivity index (χ2v) is 3.96. The molecular weight excluding hydrogens is 187 g/mol. The van der Waals surface area contributed by atoms with Gasteiger partial charge >= 0.3 is 6.92 Å². The van der Waals surface area contributed by atoms with Crippen LogP contribution in [0.5, 0.6) is 5.75 Å². The lowest BCUT2D eigenvalue weighted by molar-refractivity contribution is 0.338. The molecule has 0 saturated carbocycles. The molecule has 0 bridgehead atoms. The van der Waals surface area contributed by atoms with E-state index in [1.807, 2.05) is 6.92 Å². The zero-order chi connectivity index (χ0) is 10.7. The molecule has 1 heterocycles. The van der Waals surface area contributed by atoms with Gasteiger partial charge in [0.15, 0.2) is 0 Å². The number of rotatable bonds is 3. The van der Waals surface area contributed by atoms with E-state index in [4.69, 9.17) is 9.39 Å². The first-order valence-electron chi connectivity index (χ1n) is 5.66. The van der Waals surface area contributed by atoms with Crippen molar-refractivity contribution in [2.75, 3.05) is 13.2 Å². The summed E-state index contributed by atoms with van der Waals surface area (Å²) in [4.78, 5) is 0. The van der Waals surface area contributed by atoms with Crippen molar-refractivity contribution in [1.82, 2.24) is 0 Å². The van der Waals surface area contributed by atoms with Crippen LogP contribution < -0.4 is 10.2 Å². The molecule has 1 aromatic carbocycles. The van der Waals surface area contributed by atoms with Crippen molar-refractivity contribution in [2.45, 2.75) is 26.6 Å². The summed E-state index contributed by atoms with van der Waals surface area (Å²) < 4.78 is 11.2. The van der Waals surface area contributed by atoms with E-state index in [0.717, 1.165) is 25.3 Å². The van der Waals surface area contributed by atoms with Crippen molar-refractivity contribution in [2.24, 2.45) is 0 Å². The summed E-state index contributed by atoms with van der Waals surface area (Å²) in [6.07, 6.45) is 2.32. The highest BCUT2D eigenvalue weighted by atomic mass is 16.5. The van der Waals surface area contributed by atoms with Crippen molar-refractivity contribution >= 4 is 12.4 Å². The number of hydrogen-bond acceptors (Lipinski definition) is 2. The maximum atomic E-state index is 5.65. The van der Waals surface area contributed by atoms with Gasteiger partial charge in [-0.2, -0.15) is 0 Å². The Labute approximate surface area is 91.7 Å². The predicted molar refractivity (Wildman–Crippen MR) is 63.1 cm³/mol. The van der Waals surface area contributed by atoms with E-state index in [0.29, 0.717) is 6.92 Å². The second kappa shape index (κ2) is 4.71. The molecule has 2 nitrogen and oxygen atoms in total. The quantitative estimate of drug-likeness (QED) is 0.701. The van der Waals surface area contributed by atoms with Crippen molar-refractivity contribution < 1.29 is 9.39 Å². The van der Waals surface area contributed by atoms with Crippen LogP contribution in [0.1, 0.15) is 18.9 Å². The summed E-state index contributed by atoms with van der Waals surface area (Å²) in [5.41, 5.74) is 2.48. The first kappa shape index (κ1) is 10.6. The van der Waals surface area contributed by atoms with E-state index in [9.17, 15) is 0 Å². The van der Waals surface area contributed by atoms with E-state index in [2.05, 4.69) is 25.1 Å². The molecular formula is C12H17BO2. The number of benzene rings is 1. The molecule has 15 heavy (non-hydrogen) atoms. The highest BCUT2D eigenvalue weighted by molar-refractivity contribution is 6.67. The minimum absolute atomic E-state index is 0.305. The summed E-state index contributed by atoms with van der Waals surface area (Å²) >= 11 is 0. The lowest BCUT2D eigenvalue weighted by atomic mass is 9.59. The van der Waals surface area contributed by atoms with Gasteiger partial charge in [0.25, 0.3) is 0 Å². The van der Waals surface area contributed by atoms with Gasteiger partial charge in [0.1, 0.15) is 5.75 Å². The van der Waals surface area contributed by atoms with E-state index >= 15 is 0 Å². The van der Waals surface area contributed by atoms with Crippen LogP contribution in [-0.2, 0) is 4.65 Å².